The molecule has 182 valence electrons. The van der Waals surface area contributed by atoms with Gasteiger partial charge in [-0.3, -0.25) is 4.79 Å². The Morgan fingerprint density at radius 1 is 1.03 bits per heavy atom. The lowest BCUT2D eigenvalue weighted by molar-refractivity contribution is -0.132. The van der Waals surface area contributed by atoms with Crippen LogP contribution in [0.1, 0.15) is 104 Å². The van der Waals surface area contributed by atoms with E-state index in [2.05, 4.69) is 34.6 Å². The highest BCUT2D eigenvalue weighted by molar-refractivity contribution is 5.74. The first-order valence-electron chi connectivity index (χ1n) is 12.9. The molecule has 1 heterocycles. The van der Waals surface area contributed by atoms with Crippen molar-refractivity contribution in [1.29, 1.82) is 0 Å². The predicted octanol–water partition coefficient (Wildman–Crippen LogP) is 7.07. The van der Waals surface area contributed by atoms with E-state index < -0.39 is 5.97 Å². The van der Waals surface area contributed by atoms with Gasteiger partial charge in [0.2, 0.25) is 0 Å². The summed E-state index contributed by atoms with van der Waals surface area (Å²) in [6, 6.07) is 5.63. The fraction of sp³-hybridized carbons (Fsp3) is 0.750. The fourth-order valence-corrected chi connectivity index (χ4v) is 4.78. The molecule has 1 aromatic rings. The summed E-state index contributed by atoms with van der Waals surface area (Å²) in [7, 11) is 0. The molecular weight excluding hydrogens is 398 g/mol. The van der Waals surface area contributed by atoms with Crippen LogP contribution in [0.4, 0.5) is 0 Å². The molecule has 0 saturated heterocycles. The van der Waals surface area contributed by atoms with Crippen LogP contribution in [0.15, 0.2) is 18.2 Å². The van der Waals surface area contributed by atoms with Crippen molar-refractivity contribution in [3.63, 3.8) is 0 Å². The van der Waals surface area contributed by atoms with E-state index in [1.54, 1.807) is 6.07 Å². The number of hydrogen-bond acceptors (Lipinski definition) is 4. The Balaban J connectivity index is 1.67. The van der Waals surface area contributed by atoms with Crippen LogP contribution in [0.2, 0.25) is 0 Å². The van der Waals surface area contributed by atoms with Crippen LogP contribution in [-0.2, 0) is 11.2 Å². The summed E-state index contributed by atoms with van der Waals surface area (Å²) in [6.07, 6.45) is 13.8. The maximum atomic E-state index is 11.4. The molecule has 1 aliphatic heterocycles. The molecular formula is C28H47NO3. The average Bonchev–Trinajstić information content (AvgIpc) is 2.73. The molecule has 1 aromatic carbocycles. The van der Waals surface area contributed by atoms with Crippen molar-refractivity contribution in [2.75, 3.05) is 6.54 Å². The first-order valence-corrected chi connectivity index (χ1v) is 12.9. The van der Waals surface area contributed by atoms with Crippen molar-refractivity contribution in [2.45, 2.75) is 111 Å². The van der Waals surface area contributed by atoms with Crippen molar-refractivity contribution in [3.8, 4) is 11.5 Å². The van der Waals surface area contributed by atoms with E-state index in [0.29, 0.717) is 5.75 Å². The molecule has 0 spiro atoms. The van der Waals surface area contributed by atoms with E-state index in [4.69, 9.17) is 15.2 Å². The number of rotatable bonds is 14. The second kappa shape index (κ2) is 13.2. The Kier molecular flexibility index (Phi) is 11.0. The van der Waals surface area contributed by atoms with Gasteiger partial charge < -0.3 is 15.2 Å². The SMILES string of the molecule is CC(C)CCCC(C)CCCC(C)CCCC1(C)CCc2cc(OC(=O)CN)ccc2O1. The van der Waals surface area contributed by atoms with Gasteiger partial charge in [-0.05, 0) is 74.1 Å². The number of fused-ring (bicyclic) bond motifs is 1. The van der Waals surface area contributed by atoms with E-state index in [-0.39, 0.29) is 12.1 Å². The quantitative estimate of drug-likeness (QED) is 0.246. The maximum Gasteiger partial charge on any atom is 0.325 e. The summed E-state index contributed by atoms with van der Waals surface area (Å²) in [5, 5.41) is 0. The lowest BCUT2D eigenvalue weighted by Crippen LogP contribution is -2.36. The monoisotopic (exact) mass is 445 g/mol. The van der Waals surface area contributed by atoms with Crippen molar-refractivity contribution in [1.82, 2.24) is 0 Å². The molecule has 4 nitrogen and oxygen atoms in total. The van der Waals surface area contributed by atoms with Gasteiger partial charge in [-0.25, -0.2) is 0 Å². The number of carbonyl (C=O) groups excluding carboxylic acids is 1. The number of aryl methyl sites for hydroxylation is 1. The summed E-state index contributed by atoms with van der Waals surface area (Å²) >= 11 is 0. The predicted molar refractivity (Wildman–Crippen MR) is 133 cm³/mol. The Morgan fingerprint density at radius 3 is 2.28 bits per heavy atom. The maximum absolute atomic E-state index is 11.4. The molecule has 4 heteroatoms. The van der Waals surface area contributed by atoms with Gasteiger partial charge in [0.1, 0.15) is 17.1 Å². The molecule has 3 atom stereocenters. The van der Waals surface area contributed by atoms with Crippen LogP contribution >= 0.6 is 0 Å². The van der Waals surface area contributed by atoms with Crippen LogP contribution in [0, 0.1) is 17.8 Å². The molecule has 0 saturated carbocycles. The van der Waals surface area contributed by atoms with Gasteiger partial charge in [0.25, 0.3) is 0 Å². The Bertz CT molecular complexity index is 702. The summed E-state index contributed by atoms with van der Waals surface area (Å²) in [5.41, 5.74) is 6.34. The highest BCUT2D eigenvalue weighted by Gasteiger charge is 2.31. The van der Waals surface area contributed by atoms with Gasteiger partial charge in [0, 0.05) is 0 Å². The van der Waals surface area contributed by atoms with Gasteiger partial charge in [-0.1, -0.05) is 72.6 Å². The molecule has 0 aromatic heterocycles. The van der Waals surface area contributed by atoms with Gasteiger partial charge in [-0.15, -0.1) is 0 Å². The van der Waals surface area contributed by atoms with Gasteiger partial charge >= 0.3 is 5.97 Å². The van der Waals surface area contributed by atoms with Crippen LogP contribution in [0.25, 0.3) is 0 Å². The molecule has 2 rings (SSSR count). The Labute approximate surface area is 196 Å². The second-order valence-corrected chi connectivity index (χ2v) is 10.9. The van der Waals surface area contributed by atoms with E-state index >= 15 is 0 Å². The minimum absolute atomic E-state index is 0.104. The van der Waals surface area contributed by atoms with Crippen molar-refractivity contribution in [2.24, 2.45) is 23.5 Å². The summed E-state index contributed by atoms with van der Waals surface area (Å²) in [5.74, 6) is 3.55. The van der Waals surface area contributed by atoms with Crippen LogP contribution in [0.5, 0.6) is 11.5 Å². The first-order chi connectivity index (χ1) is 15.2. The van der Waals surface area contributed by atoms with Gasteiger partial charge in [0.05, 0.1) is 6.54 Å². The molecule has 0 bridgehead atoms. The number of carbonyl (C=O) groups is 1. The van der Waals surface area contributed by atoms with Gasteiger partial charge in [-0.2, -0.15) is 0 Å². The van der Waals surface area contributed by atoms with Crippen molar-refractivity contribution < 1.29 is 14.3 Å². The zero-order valence-electron chi connectivity index (χ0n) is 21.3. The molecule has 2 N–H and O–H groups in total. The average molecular weight is 446 g/mol. The summed E-state index contributed by atoms with van der Waals surface area (Å²) in [6.45, 7) is 11.6. The molecule has 0 fully saturated rings. The molecule has 0 amide bonds. The molecule has 32 heavy (non-hydrogen) atoms. The molecule has 1 aliphatic rings. The third kappa shape index (κ3) is 9.52. The third-order valence-electron chi connectivity index (χ3n) is 6.98. The van der Waals surface area contributed by atoms with Crippen LogP contribution < -0.4 is 15.2 Å². The molecule has 0 radical (unpaired) electrons. The lowest BCUT2D eigenvalue weighted by Gasteiger charge is -2.36. The zero-order valence-corrected chi connectivity index (χ0v) is 21.3. The number of benzene rings is 1. The fourth-order valence-electron chi connectivity index (χ4n) is 4.78. The van der Waals surface area contributed by atoms with Crippen LogP contribution in [0.3, 0.4) is 0 Å². The Hall–Kier alpha value is -1.55. The van der Waals surface area contributed by atoms with Gasteiger partial charge in [0.15, 0.2) is 0 Å². The topological polar surface area (TPSA) is 61.5 Å². The van der Waals surface area contributed by atoms with Crippen molar-refractivity contribution >= 4 is 5.97 Å². The van der Waals surface area contributed by atoms with E-state index in [9.17, 15) is 4.79 Å². The number of nitrogens with two attached hydrogens (primary N) is 1. The first kappa shape index (κ1) is 26.7. The largest absolute Gasteiger partial charge is 0.487 e. The number of esters is 1. The standard InChI is InChI=1S/C28H47NO3/c1-21(2)9-6-10-22(3)11-7-12-23(4)13-8-17-28(5)18-16-24-19-25(31-27(30)20-29)14-15-26(24)32-28/h14-15,19,21-23H,6-13,16-18,20,29H2,1-5H3. The lowest BCUT2D eigenvalue weighted by atomic mass is 9.86. The number of ether oxygens (including phenoxy) is 2. The smallest absolute Gasteiger partial charge is 0.325 e. The zero-order chi connectivity index (χ0) is 23.6. The normalized spacial score (nSPS) is 19.8. The minimum atomic E-state index is -0.416. The Morgan fingerprint density at radius 2 is 1.66 bits per heavy atom. The second-order valence-electron chi connectivity index (χ2n) is 10.9. The molecule has 0 aliphatic carbocycles. The van der Waals surface area contributed by atoms with E-state index in [0.717, 1.165) is 48.3 Å². The molecule has 3 unspecified atom stereocenters. The van der Waals surface area contributed by atoms with E-state index in [1.807, 2.05) is 12.1 Å². The highest BCUT2D eigenvalue weighted by atomic mass is 16.5. The summed E-state index contributed by atoms with van der Waals surface area (Å²) in [4.78, 5) is 11.4. The van der Waals surface area contributed by atoms with Crippen LogP contribution in [-0.4, -0.2) is 18.1 Å². The van der Waals surface area contributed by atoms with E-state index in [1.165, 1.54) is 51.4 Å². The minimum Gasteiger partial charge on any atom is -0.487 e. The van der Waals surface area contributed by atoms with Crippen molar-refractivity contribution in [3.05, 3.63) is 23.8 Å². The highest BCUT2D eigenvalue weighted by Crippen LogP contribution is 2.38. The third-order valence-corrected chi connectivity index (χ3v) is 6.98. The summed E-state index contributed by atoms with van der Waals surface area (Å²) < 4.78 is 11.6. The number of hydrogen-bond donors (Lipinski definition) is 1.